The van der Waals surface area contributed by atoms with E-state index in [1.54, 1.807) is 0 Å². The van der Waals surface area contributed by atoms with Crippen molar-refractivity contribution in [3.63, 3.8) is 0 Å². The second-order valence-corrected chi connectivity index (χ2v) is 5.48. The summed E-state index contributed by atoms with van der Waals surface area (Å²) in [5.74, 6) is 0.0924. The largest absolute Gasteiger partial charge is 0.391 e. The van der Waals surface area contributed by atoms with Crippen LogP contribution in [0.4, 0.5) is 0 Å². The van der Waals surface area contributed by atoms with Gasteiger partial charge in [0.15, 0.2) is 0 Å². The minimum absolute atomic E-state index is 0.0924. The zero-order chi connectivity index (χ0) is 13.4. The van der Waals surface area contributed by atoms with Gasteiger partial charge in [-0.05, 0) is 36.3 Å². The molecule has 0 bridgehead atoms. The molecule has 1 unspecified atom stereocenters. The number of nitrogens with zero attached hydrogens (tertiary/aromatic N) is 1. The lowest BCUT2D eigenvalue weighted by Gasteiger charge is -2.23. The van der Waals surface area contributed by atoms with Crippen molar-refractivity contribution in [2.45, 2.75) is 12.0 Å². The predicted molar refractivity (Wildman–Crippen MR) is 78.3 cm³/mol. The highest BCUT2D eigenvalue weighted by Crippen LogP contribution is 2.46. The molecule has 19 heavy (non-hydrogen) atoms. The van der Waals surface area contributed by atoms with Crippen LogP contribution in [0.2, 0.25) is 0 Å². The minimum Gasteiger partial charge on any atom is -0.391 e. The van der Waals surface area contributed by atoms with Gasteiger partial charge in [0, 0.05) is 12.5 Å². The predicted octanol–water partition coefficient (Wildman–Crippen LogP) is 2.72. The van der Waals surface area contributed by atoms with E-state index < -0.39 is 0 Å². The maximum Gasteiger partial charge on any atom is 0.0776 e. The molecule has 2 aromatic carbocycles. The summed E-state index contributed by atoms with van der Waals surface area (Å²) in [5, 5.41) is 10.6. The van der Waals surface area contributed by atoms with Crippen LogP contribution in [-0.4, -0.2) is 36.8 Å². The zero-order valence-electron chi connectivity index (χ0n) is 11.4. The fourth-order valence-corrected chi connectivity index (χ4v) is 3.09. The number of aliphatic hydroxyl groups is 1. The Morgan fingerprint density at radius 2 is 1.42 bits per heavy atom. The van der Waals surface area contributed by atoms with Crippen molar-refractivity contribution in [1.82, 2.24) is 4.90 Å². The Hall–Kier alpha value is -1.64. The van der Waals surface area contributed by atoms with E-state index in [-0.39, 0.29) is 12.0 Å². The molecular weight excluding hydrogens is 234 g/mol. The molecule has 0 aliphatic heterocycles. The van der Waals surface area contributed by atoms with Crippen LogP contribution in [0.25, 0.3) is 11.1 Å². The van der Waals surface area contributed by atoms with Crippen molar-refractivity contribution in [3.8, 4) is 11.1 Å². The maximum atomic E-state index is 10.6. The molecule has 2 nitrogen and oxygen atoms in total. The normalized spacial score (nSPS) is 15.4. The molecule has 0 heterocycles. The van der Waals surface area contributed by atoms with Crippen LogP contribution in [-0.2, 0) is 0 Å². The lowest BCUT2D eigenvalue weighted by molar-refractivity contribution is 0.122. The molecule has 1 aliphatic rings. The van der Waals surface area contributed by atoms with Crippen LogP contribution in [0, 0.1) is 0 Å². The number of fused-ring (bicyclic) bond motifs is 3. The van der Waals surface area contributed by atoms with Crippen molar-refractivity contribution in [2.24, 2.45) is 0 Å². The Balaban J connectivity index is 2.09. The van der Waals surface area contributed by atoms with Gasteiger partial charge >= 0.3 is 0 Å². The zero-order valence-corrected chi connectivity index (χ0v) is 11.4. The summed E-state index contributed by atoms with van der Waals surface area (Å²) >= 11 is 0. The molecule has 0 saturated carbocycles. The highest BCUT2D eigenvalue weighted by atomic mass is 16.3. The van der Waals surface area contributed by atoms with Crippen molar-refractivity contribution in [2.75, 3.05) is 20.6 Å². The summed E-state index contributed by atoms with van der Waals surface area (Å²) in [5.41, 5.74) is 5.03. The molecule has 1 N–H and O–H groups in total. The fraction of sp³-hybridized carbons (Fsp3) is 0.294. The van der Waals surface area contributed by atoms with Crippen LogP contribution in [0.3, 0.4) is 0 Å². The summed E-state index contributed by atoms with van der Waals surface area (Å²) in [4.78, 5) is 2.04. The first-order valence-corrected chi connectivity index (χ1v) is 6.69. The first-order valence-electron chi connectivity index (χ1n) is 6.69. The number of hydrogen-bond donors (Lipinski definition) is 1. The van der Waals surface area contributed by atoms with Gasteiger partial charge in [-0.1, -0.05) is 48.5 Å². The standard InChI is InChI=1S/C17H19NO/c1-18(2)11-16(19)17-14-9-5-3-7-12(14)13-8-4-6-10-15(13)17/h3-10,16-17,19H,11H2,1-2H3. The van der Waals surface area contributed by atoms with Gasteiger partial charge in [0.25, 0.3) is 0 Å². The number of aliphatic hydroxyl groups excluding tert-OH is 1. The molecule has 0 spiro atoms. The molecule has 0 saturated heterocycles. The second kappa shape index (κ2) is 4.80. The molecule has 98 valence electrons. The first kappa shape index (κ1) is 12.4. The van der Waals surface area contributed by atoms with Gasteiger partial charge in [-0.15, -0.1) is 0 Å². The van der Waals surface area contributed by atoms with E-state index in [9.17, 15) is 5.11 Å². The minimum atomic E-state index is -0.375. The Kier molecular flexibility index (Phi) is 3.13. The average Bonchev–Trinajstić information content (AvgIpc) is 2.72. The van der Waals surface area contributed by atoms with Gasteiger partial charge in [-0.25, -0.2) is 0 Å². The smallest absolute Gasteiger partial charge is 0.0776 e. The molecule has 0 aromatic heterocycles. The third-order valence-corrected chi connectivity index (χ3v) is 3.82. The van der Waals surface area contributed by atoms with Crippen molar-refractivity contribution in [1.29, 1.82) is 0 Å². The molecule has 0 radical (unpaired) electrons. The molecular formula is C17H19NO. The van der Waals surface area contributed by atoms with E-state index in [1.807, 2.05) is 19.0 Å². The number of hydrogen-bond acceptors (Lipinski definition) is 2. The third-order valence-electron chi connectivity index (χ3n) is 3.82. The van der Waals surface area contributed by atoms with E-state index in [0.717, 1.165) is 0 Å². The van der Waals surface area contributed by atoms with Crippen molar-refractivity contribution >= 4 is 0 Å². The topological polar surface area (TPSA) is 23.5 Å². The summed E-state index contributed by atoms with van der Waals surface area (Å²) in [6.45, 7) is 0.674. The summed E-state index contributed by atoms with van der Waals surface area (Å²) in [7, 11) is 3.99. The van der Waals surface area contributed by atoms with Crippen LogP contribution < -0.4 is 0 Å². The van der Waals surface area contributed by atoms with Gasteiger partial charge in [-0.2, -0.15) is 0 Å². The Morgan fingerprint density at radius 1 is 0.947 bits per heavy atom. The van der Waals surface area contributed by atoms with E-state index in [0.29, 0.717) is 6.54 Å². The Labute approximate surface area is 114 Å². The summed E-state index contributed by atoms with van der Waals surface area (Å²) in [6, 6.07) is 16.8. The highest BCUT2D eigenvalue weighted by molar-refractivity contribution is 5.79. The van der Waals surface area contributed by atoms with E-state index >= 15 is 0 Å². The van der Waals surface area contributed by atoms with Gasteiger partial charge in [-0.3, -0.25) is 0 Å². The summed E-state index contributed by atoms with van der Waals surface area (Å²) in [6.07, 6.45) is -0.375. The molecule has 2 aromatic rings. The lowest BCUT2D eigenvalue weighted by atomic mass is 9.91. The van der Waals surface area contributed by atoms with Crippen molar-refractivity contribution < 1.29 is 5.11 Å². The van der Waals surface area contributed by atoms with Crippen LogP contribution >= 0.6 is 0 Å². The number of benzene rings is 2. The molecule has 0 fully saturated rings. The number of likely N-dealkylation sites (N-methyl/N-ethyl adjacent to an activating group) is 1. The first-order chi connectivity index (χ1) is 9.18. The van der Waals surface area contributed by atoms with Gasteiger partial charge in [0.1, 0.15) is 0 Å². The molecule has 3 rings (SSSR count). The molecule has 0 amide bonds. The lowest BCUT2D eigenvalue weighted by Crippen LogP contribution is -2.30. The highest BCUT2D eigenvalue weighted by Gasteiger charge is 2.33. The summed E-state index contributed by atoms with van der Waals surface area (Å²) < 4.78 is 0. The fourth-order valence-electron chi connectivity index (χ4n) is 3.09. The molecule has 1 atom stereocenters. The SMILES string of the molecule is CN(C)CC(O)C1c2ccccc2-c2ccccc21. The number of rotatable bonds is 3. The third kappa shape index (κ3) is 2.07. The van der Waals surface area contributed by atoms with Gasteiger partial charge in [0.2, 0.25) is 0 Å². The van der Waals surface area contributed by atoms with Gasteiger partial charge in [0.05, 0.1) is 6.10 Å². The van der Waals surface area contributed by atoms with Crippen molar-refractivity contribution in [3.05, 3.63) is 59.7 Å². The van der Waals surface area contributed by atoms with Crippen LogP contribution in [0.1, 0.15) is 17.0 Å². The molecule has 1 aliphatic carbocycles. The molecule has 2 heteroatoms. The Bertz CT molecular complexity index is 546. The monoisotopic (exact) mass is 253 g/mol. The quantitative estimate of drug-likeness (QED) is 0.909. The van der Waals surface area contributed by atoms with Gasteiger partial charge < -0.3 is 10.0 Å². The van der Waals surface area contributed by atoms with E-state index in [1.165, 1.54) is 22.3 Å². The van der Waals surface area contributed by atoms with E-state index in [4.69, 9.17) is 0 Å². The Morgan fingerprint density at radius 3 is 1.89 bits per heavy atom. The maximum absolute atomic E-state index is 10.6. The average molecular weight is 253 g/mol. The van der Waals surface area contributed by atoms with E-state index in [2.05, 4.69) is 48.5 Å². The second-order valence-electron chi connectivity index (χ2n) is 5.48. The van der Waals surface area contributed by atoms with Crippen LogP contribution in [0.15, 0.2) is 48.5 Å². The van der Waals surface area contributed by atoms with Crippen LogP contribution in [0.5, 0.6) is 0 Å².